The second kappa shape index (κ2) is 6.54. The van der Waals surface area contributed by atoms with Crippen molar-refractivity contribution in [3.05, 3.63) is 17.2 Å². The summed E-state index contributed by atoms with van der Waals surface area (Å²) >= 11 is 5.95. The lowest BCUT2D eigenvalue weighted by atomic mass is 10.2. The van der Waals surface area contributed by atoms with E-state index in [-0.39, 0.29) is 13.2 Å². The van der Waals surface area contributed by atoms with Crippen molar-refractivity contribution in [2.24, 2.45) is 0 Å². The van der Waals surface area contributed by atoms with Crippen LogP contribution in [0.3, 0.4) is 0 Å². The van der Waals surface area contributed by atoms with Crippen LogP contribution in [0.15, 0.2) is 12.1 Å². The maximum atomic E-state index is 9.25. The lowest BCUT2D eigenvalue weighted by Crippen LogP contribution is -2.23. The molecule has 0 radical (unpaired) electrons. The number of halogens is 1. The minimum atomic E-state index is -0.832. The van der Waals surface area contributed by atoms with Gasteiger partial charge in [0, 0.05) is 18.7 Å². The normalized spacial score (nSPS) is 12.1. The molecule has 0 heterocycles. The van der Waals surface area contributed by atoms with Gasteiger partial charge in [0.05, 0.1) is 37.6 Å². The van der Waals surface area contributed by atoms with Gasteiger partial charge in [-0.25, -0.2) is 0 Å². The van der Waals surface area contributed by atoms with Gasteiger partial charge in [-0.3, -0.25) is 0 Å². The molecule has 0 aliphatic carbocycles. The number of aliphatic hydroxyl groups excluding tert-OH is 2. The van der Waals surface area contributed by atoms with Crippen molar-refractivity contribution < 1.29 is 19.7 Å². The molecule has 0 aromatic heterocycles. The number of aliphatic hydroxyl groups is 2. The summed E-state index contributed by atoms with van der Waals surface area (Å²) in [6.45, 7) is -0.0995. The third-order valence-electron chi connectivity index (χ3n) is 2.21. The Morgan fingerprint density at radius 2 is 1.94 bits per heavy atom. The molecular formula is C11H16ClNO4. The van der Waals surface area contributed by atoms with E-state index in [1.807, 2.05) is 0 Å². The summed E-state index contributed by atoms with van der Waals surface area (Å²) in [4.78, 5) is 0. The maximum Gasteiger partial charge on any atom is 0.143 e. The van der Waals surface area contributed by atoms with Crippen molar-refractivity contribution in [1.82, 2.24) is 0 Å². The van der Waals surface area contributed by atoms with E-state index in [1.54, 1.807) is 12.1 Å². The molecule has 1 aromatic rings. The molecule has 1 atom stereocenters. The Kier molecular flexibility index (Phi) is 5.34. The quantitative estimate of drug-likeness (QED) is 0.716. The summed E-state index contributed by atoms with van der Waals surface area (Å²) < 4.78 is 10.2. The summed E-state index contributed by atoms with van der Waals surface area (Å²) in [5, 5.41) is 21.4. The van der Waals surface area contributed by atoms with Crippen LogP contribution < -0.4 is 14.8 Å². The summed E-state index contributed by atoms with van der Waals surface area (Å²) in [5.41, 5.74) is 0.640. The van der Waals surface area contributed by atoms with Crippen LogP contribution in [0.1, 0.15) is 0 Å². The van der Waals surface area contributed by atoms with Crippen LogP contribution in [-0.4, -0.2) is 43.7 Å². The molecular weight excluding hydrogens is 246 g/mol. The molecule has 0 bridgehead atoms. The zero-order chi connectivity index (χ0) is 12.8. The van der Waals surface area contributed by atoms with E-state index in [0.29, 0.717) is 22.2 Å². The predicted octanol–water partition coefficient (Wildman–Crippen LogP) is 1.12. The van der Waals surface area contributed by atoms with Gasteiger partial charge in [-0.2, -0.15) is 0 Å². The Balaban J connectivity index is 2.88. The van der Waals surface area contributed by atoms with Gasteiger partial charge in [0.1, 0.15) is 11.5 Å². The van der Waals surface area contributed by atoms with Crippen LogP contribution in [0.4, 0.5) is 5.69 Å². The minimum Gasteiger partial charge on any atom is -0.495 e. The smallest absolute Gasteiger partial charge is 0.143 e. The van der Waals surface area contributed by atoms with Crippen LogP contribution in [0.25, 0.3) is 0 Å². The first-order valence-electron chi connectivity index (χ1n) is 5.06. The fraction of sp³-hybridized carbons (Fsp3) is 0.455. The molecule has 0 aliphatic heterocycles. The SMILES string of the molecule is COc1cc(NC[C@H](O)CO)c(OC)cc1Cl. The topological polar surface area (TPSA) is 71.0 Å². The highest BCUT2D eigenvalue weighted by molar-refractivity contribution is 6.32. The van der Waals surface area contributed by atoms with Crippen molar-refractivity contribution in [2.75, 3.05) is 32.7 Å². The third kappa shape index (κ3) is 3.66. The van der Waals surface area contributed by atoms with Crippen LogP contribution in [0.2, 0.25) is 5.02 Å². The van der Waals surface area contributed by atoms with Crippen molar-refractivity contribution in [1.29, 1.82) is 0 Å². The largest absolute Gasteiger partial charge is 0.495 e. The molecule has 6 heteroatoms. The summed E-state index contributed by atoms with van der Waals surface area (Å²) in [6.07, 6.45) is -0.832. The second-order valence-electron chi connectivity index (χ2n) is 3.40. The number of benzene rings is 1. The third-order valence-corrected chi connectivity index (χ3v) is 2.51. The zero-order valence-electron chi connectivity index (χ0n) is 9.74. The minimum absolute atomic E-state index is 0.206. The number of nitrogens with one attached hydrogen (secondary N) is 1. The highest BCUT2D eigenvalue weighted by atomic mass is 35.5. The van der Waals surface area contributed by atoms with Crippen molar-refractivity contribution >= 4 is 17.3 Å². The molecule has 0 fully saturated rings. The van der Waals surface area contributed by atoms with Gasteiger partial charge in [-0.1, -0.05) is 11.6 Å². The van der Waals surface area contributed by atoms with Crippen LogP contribution in [0.5, 0.6) is 11.5 Å². The number of hydrogen-bond donors (Lipinski definition) is 3. The lowest BCUT2D eigenvalue weighted by molar-refractivity contribution is 0.105. The predicted molar refractivity (Wildman–Crippen MR) is 66.1 cm³/mol. The monoisotopic (exact) mass is 261 g/mol. The lowest BCUT2D eigenvalue weighted by Gasteiger charge is -2.15. The highest BCUT2D eigenvalue weighted by Gasteiger charge is 2.10. The van der Waals surface area contributed by atoms with E-state index in [0.717, 1.165) is 0 Å². The maximum absolute atomic E-state index is 9.25. The van der Waals surface area contributed by atoms with Gasteiger partial charge in [-0.15, -0.1) is 0 Å². The van der Waals surface area contributed by atoms with E-state index in [1.165, 1.54) is 14.2 Å². The van der Waals surface area contributed by atoms with E-state index in [4.69, 9.17) is 26.2 Å². The molecule has 17 heavy (non-hydrogen) atoms. The molecule has 96 valence electrons. The van der Waals surface area contributed by atoms with Crippen LogP contribution in [0, 0.1) is 0 Å². The number of methoxy groups -OCH3 is 2. The zero-order valence-corrected chi connectivity index (χ0v) is 10.5. The summed E-state index contributed by atoms with van der Waals surface area (Å²) in [7, 11) is 3.03. The fourth-order valence-electron chi connectivity index (χ4n) is 1.29. The Morgan fingerprint density at radius 3 is 2.47 bits per heavy atom. The molecule has 3 N–H and O–H groups in total. The second-order valence-corrected chi connectivity index (χ2v) is 3.81. The van der Waals surface area contributed by atoms with Crippen molar-refractivity contribution in [3.63, 3.8) is 0 Å². The van der Waals surface area contributed by atoms with Gasteiger partial charge in [0.25, 0.3) is 0 Å². The van der Waals surface area contributed by atoms with Gasteiger partial charge in [-0.05, 0) is 0 Å². The number of hydrogen-bond acceptors (Lipinski definition) is 5. The molecule has 0 saturated heterocycles. The number of rotatable bonds is 6. The van der Waals surface area contributed by atoms with Crippen molar-refractivity contribution in [3.8, 4) is 11.5 Å². The van der Waals surface area contributed by atoms with E-state index in [2.05, 4.69) is 5.32 Å². The molecule has 0 saturated carbocycles. The average molecular weight is 262 g/mol. The molecule has 5 nitrogen and oxygen atoms in total. The van der Waals surface area contributed by atoms with Crippen molar-refractivity contribution in [2.45, 2.75) is 6.10 Å². The molecule has 1 rings (SSSR count). The van der Waals surface area contributed by atoms with E-state index < -0.39 is 6.10 Å². The first kappa shape index (κ1) is 13.9. The van der Waals surface area contributed by atoms with E-state index in [9.17, 15) is 5.11 Å². The number of anilines is 1. The molecule has 0 spiro atoms. The highest BCUT2D eigenvalue weighted by Crippen LogP contribution is 2.35. The fourth-order valence-corrected chi connectivity index (χ4v) is 1.52. The molecule has 1 aromatic carbocycles. The van der Waals surface area contributed by atoms with Gasteiger partial charge in [0.2, 0.25) is 0 Å². The molecule has 0 unspecified atom stereocenters. The Bertz CT molecular complexity index is 373. The Labute approximate surface area is 105 Å². The van der Waals surface area contributed by atoms with Gasteiger partial charge in [0.15, 0.2) is 0 Å². The summed E-state index contributed by atoms with van der Waals surface area (Å²) in [5.74, 6) is 1.05. The van der Waals surface area contributed by atoms with Crippen LogP contribution in [-0.2, 0) is 0 Å². The Morgan fingerprint density at radius 1 is 1.29 bits per heavy atom. The van der Waals surface area contributed by atoms with Crippen LogP contribution >= 0.6 is 11.6 Å². The first-order valence-corrected chi connectivity index (χ1v) is 5.44. The average Bonchev–Trinajstić information content (AvgIpc) is 2.36. The Hall–Kier alpha value is -1.17. The molecule has 0 aliphatic rings. The number of ether oxygens (including phenoxy) is 2. The summed E-state index contributed by atoms with van der Waals surface area (Å²) in [6, 6.07) is 3.29. The first-order chi connectivity index (χ1) is 8.12. The molecule has 0 amide bonds. The van der Waals surface area contributed by atoms with Gasteiger partial charge >= 0.3 is 0 Å². The van der Waals surface area contributed by atoms with Gasteiger partial charge < -0.3 is 25.0 Å². The standard InChI is InChI=1S/C11H16ClNO4/c1-16-10-4-9(13-5-7(15)6-14)11(17-2)3-8(10)12/h3-4,7,13-15H,5-6H2,1-2H3/t7-/m0/s1. The van der Waals surface area contributed by atoms with E-state index >= 15 is 0 Å².